The predicted octanol–water partition coefficient (Wildman–Crippen LogP) is 7.04. The van der Waals surface area contributed by atoms with E-state index in [2.05, 4.69) is 10.6 Å². The second kappa shape index (κ2) is 8.53. The van der Waals surface area contributed by atoms with Crippen LogP contribution in [0.15, 0.2) is 36.4 Å². The second-order valence-corrected chi connectivity index (χ2v) is 10.3. The zero-order valence-corrected chi connectivity index (χ0v) is 19.6. The van der Waals surface area contributed by atoms with Crippen molar-refractivity contribution in [2.75, 3.05) is 10.6 Å². The highest BCUT2D eigenvalue weighted by atomic mass is 35.5. The number of carbonyl (C=O) groups excluding carboxylic acids is 2. The molecule has 3 rings (SSSR count). The molecule has 11 heteroatoms. The van der Waals surface area contributed by atoms with Gasteiger partial charge < -0.3 is 10.6 Å². The van der Waals surface area contributed by atoms with E-state index in [0.717, 1.165) is 6.92 Å². The van der Waals surface area contributed by atoms with Crippen molar-refractivity contribution >= 4 is 92.8 Å². The molecule has 0 spiro atoms. The fourth-order valence-electron chi connectivity index (χ4n) is 2.97. The summed E-state index contributed by atoms with van der Waals surface area (Å²) in [6.45, 7) is 0.888. The number of carbonyl (C=O) groups is 2. The molecular weight excluding hydrogens is 520 g/mol. The zero-order chi connectivity index (χ0) is 22.4. The van der Waals surface area contributed by atoms with Crippen LogP contribution < -0.4 is 10.6 Å². The molecule has 0 aliphatic heterocycles. The molecule has 160 valence electrons. The van der Waals surface area contributed by atoms with Crippen molar-refractivity contribution in [3.63, 3.8) is 0 Å². The van der Waals surface area contributed by atoms with E-state index in [1.807, 2.05) is 0 Å². The van der Waals surface area contributed by atoms with Crippen LogP contribution in [0.4, 0.5) is 15.8 Å². The van der Waals surface area contributed by atoms with E-state index < -0.39 is 33.1 Å². The van der Waals surface area contributed by atoms with E-state index in [0.29, 0.717) is 15.6 Å². The Hall–Kier alpha value is -0.950. The summed E-state index contributed by atoms with van der Waals surface area (Å²) >= 11 is 36.1. The van der Waals surface area contributed by atoms with Gasteiger partial charge in [0.2, 0.25) is 5.91 Å². The predicted molar refractivity (Wildman–Crippen MR) is 121 cm³/mol. The fraction of sp³-hybridized carbons (Fsp3) is 0.263. The maximum Gasteiger partial charge on any atom is 0.277 e. The van der Waals surface area contributed by atoms with Crippen molar-refractivity contribution < 1.29 is 14.0 Å². The Kier molecular flexibility index (Phi) is 6.74. The molecule has 2 aromatic rings. The van der Waals surface area contributed by atoms with Gasteiger partial charge in [-0.3, -0.25) is 9.59 Å². The third-order valence-corrected chi connectivity index (χ3v) is 6.34. The summed E-state index contributed by atoms with van der Waals surface area (Å²) in [7, 11) is 0. The Morgan fingerprint density at radius 2 is 1.63 bits per heavy atom. The lowest BCUT2D eigenvalue weighted by Crippen LogP contribution is -2.30. The van der Waals surface area contributed by atoms with Gasteiger partial charge in [0.25, 0.3) is 11.0 Å². The minimum Gasteiger partial charge on any atom is -0.326 e. The molecule has 30 heavy (non-hydrogen) atoms. The summed E-state index contributed by atoms with van der Waals surface area (Å²) in [6.07, 6.45) is 0. The molecule has 0 heterocycles. The van der Waals surface area contributed by atoms with Crippen LogP contribution in [0.3, 0.4) is 0 Å². The van der Waals surface area contributed by atoms with Gasteiger partial charge in [0.15, 0.2) is 0 Å². The first-order chi connectivity index (χ1) is 13.8. The molecular formula is C19H13Cl6FN2O2. The molecule has 2 amide bonds. The minimum absolute atomic E-state index is 0.0703. The second-order valence-electron chi connectivity index (χ2n) is 6.86. The lowest BCUT2D eigenvalue weighted by atomic mass is 10.1. The van der Waals surface area contributed by atoms with Gasteiger partial charge in [0, 0.05) is 21.7 Å². The molecule has 1 fully saturated rings. The van der Waals surface area contributed by atoms with Crippen LogP contribution >= 0.6 is 69.6 Å². The number of hydrogen-bond donors (Lipinski definition) is 2. The van der Waals surface area contributed by atoms with Crippen molar-refractivity contribution in [2.45, 2.75) is 22.3 Å². The smallest absolute Gasteiger partial charge is 0.277 e. The summed E-state index contributed by atoms with van der Waals surface area (Å²) in [5.41, 5.74) is 0.987. The quantitative estimate of drug-likeness (QED) is 0.406. The topological polar surface area (TPSA) is 58.2 Å². The average Bonchev–Trinajstić information content (AvgIpc) is 3.18. The lowest BCUT2D eigenvalue weighted by Gasteiger charge is -2.14. The van der Waals surface area contributed by atoms with Crippen LogP contribution in [0.5, 0.6) is 0 Å². The highest BCUT2D eigenvalue weighted by Gasteiger charge is 2.67. The maximum absolute atomic E-state index is 13.6. The molecule has 2 N–H and O–H groups in total. The van der Waals surface area contributed by atoms with Crippen LogP contribution in [0.2, 0.25) is 15.1 Å². The molecule has 0 saturated heterocycles. The summed E-state index contributed by atoms with van der Waals surface area (Å²) in [4.78, 5) is 24.5. The third-order valence-electron chi connectivity index (χ3n) is 4.46. The number of benzene rings is 2. The molecule has 2 aromatic carbocycles. The van der Waals surface area contributed by atoms with E-state index in [1.54, 1.807) is 18.2 Å². The molecule has 2 unspecified atom stereocenters. The summed E-state index contributed by atoms with van der Waals surface area (Å²) in [5.74, 6) is -2.86. The Balaban J connectivity index is 1.78. The first-order valence-electron chi connectivity index (χ1n) is 8.44. The van der Waals surface area contributed by atoms with E-state index >= 15 is 0 Å². The first kappa shape index (κ1) is 23.7. The van der Waals surface area contributed by atoms with Crippen LogP contribution in [-0.4, -0.2) is 21.3 Å². The van der Waals surface area contributed by atoms with E-state index in [9.17, 15) is 14.0 Å². The highest BCUT2D eigenvalue weighted by molar-refractivity contribution is 6.53. The maximum atomic E-state index is 13.6. The van der Waals surface area contributed by atoms with Crippen LogP contribution in [0.25, 0.3) is 0 Å². The van der Waals surface area contributed by atoms with Crippen LogP contribution in [0, 0.1) is 5.92 Å². The van der Waals surface area contributed by atoms with Gasteiger partial charge in [0.1, 0.15) is 4.33 Å². The monoisotopic (exact) mass is 530 g/mol. The number of amides is 2. The number of hydrogen-bond acceptors (Lipinski definition) is 2. The van der Waals surface area contributed by atoms with Crippen LogP contribution in [-0.2, 0) is 9.59 Å². The summed E-state index contributed by atoms with van der Waals surface area (Å²) in [6, 6.07) is 9.12. The Morgan fingerprint density at radius 1 is 1.03 bits per heavy atom. The standard InChI is InChI=1S/C19H13Cl6FN2O2/c1-18(23,26)17(30)28-13-7-11(2-3-12(13)22)27-16(29)15-14(19(15,24)25)8-4-9(20)6-10(21)5-8/h2-7,14-15H,1H3,(H,27,29)(H,28,30)/t14?,15?,18-/m0/s1. The van der Waals surface area contributed by atoms with Gasteiger partial charge in [-0.15, -0.1) is 23.2 Å². The third kappa shape index (κ3) is 5.09. The molecule has 0 radical (unpaired) electrons. The molecule has 4 nitrogen and oxygen atoms in total. The van der Waals surface area contributed by atoms with Crippen LogP contribution in [0.1, 0.15) is 18.4 Å². The van der Waals surface area contributed by atoms with Gasteiger partial charge in [-0.2, -0.15) is 0 Å². The average molecular weight is 533 g/mol. The Bertz CT molecular complexity index is 1000. The zero-order valence-electron chi connectivity index (χ0n) is 15.1. The Labute approximate surface area is 201 Å². The van der Waals surface area contributed by atoms with E-state index in [1.165, 1.54) is 18.2 Å². The number of nitrogens with one attached hydrogen (secondary N) is 2. The molecule has 1 saturated carbocycles. The highest BCUT2D eigenvalue weighted by Crippen LogP contribution is 2.65. The molecule has 0 aromatic heterocycles. The largest absolute Gasteiger partial charge is 0.326 e. The molecule has 0 bridgehead atoms. The van der Waals surface area contributed by atoms with Crippen molar-refractivity contribution in [1.82, 2.24) is 0 Å². The van der Waals surface area contributed by atoms with Crippen molar-refractivity contribution in [3.05, 3.63) is 57.0 Å². The number of rotatable bonds is 5. The molecule has 3 atom stereocenters. The molecule has 1 aliphatic rings. The van der Waals surface area contributed by atoms with Crippen molar-refractivity contribution in [1.29, 1.82) is 0 Å². The SMILES string of the molecule is C[C@@](F)(Cl)C(=O)Nc1cc(NC(=O)C2C(c3cc(Cl)cc(Cl)c3)C2(Cl)Cl)ccc1Cl. The van der Waals surface area contributed by atoms with Gasteiger partial charge in [-0.25, -0.2) is 4.39 Å². The molecule has 1 aliphatic carbocycles. The van der Waals surface area contributed by atoms with Gasteiger partial charge in [-0.1, -0.05) is 46.4 Å². The Morgan fingerprint density at radius 3 is 2.20 bits per heavy atom. The van der Waals surface area contributed by atoms with Crippen molar-refractivity contribution in [2.24, 2.45) is 5.92 Å². The van der Waals surface area contributed by atoms with Gasteiger partial charge >= 0.3 is 0 Å². The van der Waals surface area contributed by atoms with Gasteiger partial charge in [0.05, 0.1) is 16.6 Å². The lowest BCUT2D eigenvalue weighted by molar-refractivity contribution is -0.122. The number of alkyl halides is 4. The van der Waals surface area contributed by atoms with E-state index in [-0.39, 0.29) is 16.4 Å². The number of anilines is 2. The minimum atomic E-state index is -2.63. The summed E-state index contributed by atoms with van der Waals surface area (Å²) < 4.78 is 12.2. The first-order valence-corrected chi connectivity index (χ1v) is 10.7. The number of halogens is 7. The fourth-order valence-corrected chi connectivity index (χ4v) is 4.56. The normalized spacial score (nSPS) is 21.5. The summed E-state index contributed by atoms with van der Waals surface area (Å²) in [5, 5.41) is 3.21. The van der Waals surface area contributed by atoms with E-state index in [4.69, 9.17) is 69.6 Å². The van der Waals surface area contributed by atoms with Gasteiger partial charge in [-0.05, 0) is 48.9 Å². The van der Waals surface area contributed by atoms with Crippen molar-refractivity contribution in [3.8, 4) is 0 Å².